The molecule has 0 N–H and O–H groups in total. The van der Waals surface area contributed by atoms with Gasteiger partial charge in [-0.1, -0.05) is 0 Å². The smallest absolute Gasteiger partial charge is 0.258 e. The Morgan fingerprint density at radius 2 is 1.93 bits per heavy atom. The number of alkyl halides is 3. The molecule has 0 unspecified atom stereocenters. The molecule has 0 aromatic heterocycles. The fourth-order valence-corrected chi connectivity index (χ4v) is 1.03. The molecular weight excluding hydrogens is 218 g/mol. The molecule has 7 heteroatoms. The average Bonchev–Trinajstić information content (AvgIpc) is 2.06. The molecule has 0 fully saturated rings. The van der Waals surface area contributed by atoms with Crippen molar-refractivity contribution in [3.05, 3.63) is 39.7 Å². The van der Waals surface area contributed by atoms with Crippen LogP contribution < -0.4 is 0 Å². The van der Waals surface area contributed by atoms with Crippen LogP contribution in [0.1, 0.15) is 5.56 Å². The van der Waals surface area contributed by atoms with Crippen LogP contribution in [0.5, 0.6) is 0 Å². The van der Waals surface area contributed by atoms with Gasteiger partial charge in [0.05, 0.1) is 11.3 Å². The van der Waals surface area contributed by atoms with Gasteiger partial charge in [-0.3, -0.25) is 10.1 Å². The number of rotatable bonds is 2. The molecule has 0 aliphatic heterocycles. The van der Waals surface area contributed by atoms with Gasteiger partial charge in [0, 0.05) is 17.7 Å². The predicted octanol–water partition coefficient (Wildman–Crippen LogP) is 2.84. The average molecular weight is 223 g/mol. The summed E-state index contributed by atoms with van der Waals surface area (Å²) in [5, 5.41) is 10.2. The molecule has 0 saturated heterocycles. The van der Waals surface area contributed by atoms with Gasteiger partial charge in [-0.15, -0.1) is 0 Å². The molecule has 1 aromatic carbocycles. The highest BCUT2D eigenvalue weighted by molar-refractivity contribution is 5.35. The number of halogens is 4. The number of hydrogen-bond acceptors (Lipinski definition) is 2. The van der Waals surface area contributed by atoms with Gasteiger partial charge in [0.25, 0.3) is 5.69 Å². The van der Waals surface area contributed by atoms with E-state index in [9.17, 15) is 27.7 Å². The second-order valence-corrected chi connectivity index (χ2v) is 2.82. The van der Waals surface area contributed by atoms with Crippen LogP contribution in [0.2, 0.25) is 0 Å². The molecule has 15 heavy (non-hydrogen) atoms. The number of nitro groups is 1. The van der Waals surface area contributed by atoms with Gasteiger partial charge >= 0.3 is 6.18 Å². The third-order valence-electron chi connectivity index (χ3n) is 1.63. The summed E-state index contributed by atoms with van der Waals surface area (Å²) in [6, 6.07) is 2.05. The second kappa shape index (κ2) is 3.84. The number of nitro benzene ring substituents is 1. The molecule has 0 atom stereocenters. The summed E-state index contributed by atoms with van der Waals surface area (Å²) in [5.41, 5.74) is -1.28. The summed E-state index contributed by atoms with van der Waals surface area (Å²) >= 11 is 0. The third kappa shape index (κ3) is 3.19. The van der Waals surface area contributed by atoms with Crippen LogP contribution in [0.3, 0.4) is 0 Å². The highest BCUT2D eigenvalue weighted by Gasteiger charge is 2.30. The van der Waals surface area contributed by atoms with E-state index in [0.29, 0.717) is 12.1 Å². The van der Waals surface area contributed by atoms with Crippen molar-refractivity contribution in [1.82, 2.24) is 0 Å². The van der Waals surface area contributed by atoms with E-state index in [1.165, 1.54) is 0 Å². The van der Waals surface area contributed by atoms with Crippen molar-refractivity contribution in [2.24, 2.45) is 0 Å². The molecule has 0 amide bonds. The van der Waals surface area contributed by atoms with Crippen LogP contribution in [0.25, 0.3) is 0 Å². The third-order valence-corrected chi connectivity index (χ3v) is 1.63. The molecule has 0 radical (unpaired) electrons. The standard InChI is InChI=1S/C8H5F4NO2/c9-7-2-1-6(13(14)15)3-5(7)4-8(10,11)12/h1-3H,4H2. The van der Waals surface area contributed by atoms with Crippen molar-refractivity contribution in [3.63, 3.8) is 0 Å². The minimum Gasteiger partial charge on any atom is -0.258 e. The molecule has 0 aliphatic carbocycles. The van der Waals surface area contributed by atoms with Gasteiger partial charge in [-0.2, -0.15) is 13.2 Å². The molecule has 82 valence electrons. The van der Waals surface area contributed by atoms with E-state index in [-0.39, 0.29) is 0 Å². The first-order chi connectivity index (χ1) is 6.79. The Balaban J connectivity index is 3.06. The zero-order valence-electron chi connectivity index (χ0n) is 7.21. The Labute approximate surface area is 81.5 Å². The Hall–Kier alpha value is -1.66. The molecule has 3 nitrogen and oxygen atoms in total. The lowest BCUT2D eigenvalue weighted by atomic mass is 10.1. The first-order valence-electron chi connectivity index (χ1n) is 3.79. The summed E-state index contributed by atoms with van der Waals surface area (Å²) in [6.45, 7) is 0. The second-order valence-electron chi connectivity index (χ2n) is 2.82. The largest absolute Gasteiger partial charge is 0.393 e. The monoisotopic (exact) mass is 223 g/mol. The zero-order chi connectivity index (χ0) is 11.6. The SMILES string of the molecule is O=[N+]([O-])c1ccc(F)c(CC(F)(F)F)c1. The van der Waals surface area contributed by atoms with Crippen LogP contribution in [-0.2, 0) is 6.42 Å². The fraction of sp³-hybridized carbons (Fsp3) is 0.250. The summed E-state index contributed by atoms with van der Waals surface area (Å²) in [4.78, 5) is 9.36. The Morgan fingerprint density at radius 3 is 2.40 bits per heavy atom. The Bertz CT molecular complexity index is 389. The molecule has 0 saturated carbocycles. The maximum absolute atomic E-state index is 12.8. The molecule has 0 spiro atoms. The van der Waals surface area contributed by atoms with Crippen LogP contribution in [0.15, 0.2) is 18.2 Å². The maximum Gasteiger partial charge on any atom is 0.393 e. The van der Waals surface area contributed by atoms with Crippen molar-refractivity contribution in [2.75, 3.05) is 0 Å². The highest BCUT2D eigenvalue weighted by Crippen LogP contribution is 2.25. The van der Waals surface area contributed by atoms with E-state index in [2.05, 4.69) is 0 Å². The predicted molar refractivity (Wildman–Crippen MR) is 42.8 cm³/mol. The Kier molecular flexibility index (Phi) is 2.92. The van der Waals surface area contributed by atoms with Crippen LogP contribution in [0.4, 0.5) is 23.2 Å². The molecule has 1 rings (SSSR count). The van der Waals surface area contributed by atoms with Gasteiger partial charge in [-0.25, -0.2) is 4.39 Å². The van der Waals surface area contributed by atoms with Gasteiger partial charge in [-0.05, 0) is 6.07 Å². The lowest BCUT2D eigenvalue weighted by molar-refractivity contribution is -0.385. The van der Waals surface area contributed by atoms with E-state index in [4.69, 9.17) is 0 Å². The van der Waals surface area contributed by atoms with Crippen molar-refractivity contribution in [3.8, 4) is 0 Å². The minimum atomic E-state index is -4.59. The lowest BCUT2D eigenvalue weighted by Gasteiger charge is -2.06. The number of benzene rings is 1. The quantitative estimate of drug-likeness (QED) is 0.439. The normalized spacial score (nSPS) is 11.5. The summed E-state index contributed by atoms with van der Waals surface area (Å²) < 4.78 is 48.6. The van der Waals surface area contributed by atoms with Crippen molar-refractivity contribution < 1.29 is 22.5 Å². The first-order valence-corrected chi connectivity index (χ1v) is 3.79. The topological polar surface area (TPSA) is 43.1 Å². The van der Waals surface area contributed by atoms with Gasteiger partial charge in [0.2, 0.25) is 0 Å². The Morgan fingerprint density at radius 1 is 1.33 bits per heavy atom. The maximum atomic E-state index is 12.8. The van der Waals surface area contributed by atoms with Crippen molar-refractivity contribution in [2.45, 2.75) is 12.6 Å². The zero-order valence-corrected chi connectivity index (χ0v) is 7.21. The van der Waals surface area contributed by atoms with E-state index in [1.54, 1.807) is 0 Å². The first kappa shape index (κ1) is 11.4. The summed E-state index contributed by atoms with van der Waals surface area (Å²) in [7, 11) is 0. The molecule has 0 bridgehead atoms. The number of hydrogen-bond donors (Lipinski definition) is 0. The molecular formula is C8H5F4NO2. The molecule has 0 aliphatic rings. The minimum absolute atomic E-state index is 0.560. The van der Waals surface area contributed by atoms with Crippen LogP contribution >= 0.6 is 0 Å². The van der Waals surface area contributed by atoms with E-state index in [1.807, 2.05) is 0 Å². The van der Waals surface area contributed by atoms with Gasteiger partial charge in [0.15, 0.2) is 0 Å². The van der Waals surface area contributed by atoms with E-state index in [0.717, 1.165) is 6.07 Å². The highest BCUT2D eigenvalue weighted by atomic mass is 19.4. The van der Waals surface area contributed by atoms with Crippen molar-refractivity contribution in [1.29, 1.82) is 0 Å². The molecule has 1 aromatic rings. The van der Waals surface area contributed by atoms with Gasteiger partial charge in [0.1, 0.15) is 5.82 Å². The van der Waals surface area contributed by atoms with Crippen molar-refractivity contribution >= 4 is 5.69 Å². The molecule has 0 heterocycles. The fourth-order valence-electron chi connectivity index (χ4n) is 1.03. The van der Waals surface area contributed by atoms with Crippen LogP contribution in [0, 0.1) is 15.9 Å². The number of non-ortho nitro benzene ring substituents is 1. The number of nitrogens with zero attached hydrogens (tertiary/aromatic N) is 1. The van der Waals surface area contributed by atoms with Crippen LogP contribution in [-0.4, -0.2) is 11.1 Å². The summed E-state index contributed by atoms with van der Waals surface area (Å²) in [5.74, 6) is -1.10. The van der Waals surface area contributed by atoms with E-state index >= 15 is 0 Å². The van der Waals surface area contributed by atoms with E-state index < -0.39 is 34.6 Å². The lowest BCUT2D eigenvalue weighted by Crippen LogP contribution is -2.13. The summed E-state index contributed by atoms with van der Waals surface area (Å²) in [6.07, 6.45) is -6.10. The van der Waals surface area contributed by atoms with Gasteiger partial charge < -0.3 is 0 Å².